The summed E-state index contributed by atoms with van der Waals surface area (Å²) in [5, 5.41) is 11.7. The Morgan fingerprint density at radius 3 is 2.59 bits per heavy atom. The maximum atomic E-state index is 13.4. The molecule has 11 heteroatoms. The minimum absolute atomic E-state index is 0.159. The number of aryl methyl sites for hydroxylation is 1. The highest BCUT2D eigenvalue weighted by molar-refractivity contribution is 7.08. The molecule has 3 heterocycles. The van der Waals surface area contributed by atoms with Crippen LogP contribution in [0.15, 0.2) is 59.4 Å². The number of carbonyl (C=O) groups is 1. The van der Waals surface area contributed by atoms with E-state index in [1.165, 1.54) is 0 Å². The smallest absolute Gasteiger partial charge is 0.322 e. The Kier molecular flexibility index (Phi) is 10.4. The molecular weight excluding hydrogens is 578 g/mol. The molecule has 1 aliphatic heterocycles. The quantitative estimate of drug-likeness (QED) is 0.167. The number of H-pyrrole nitrogens is 1. The van der Waals surface area contributed by atoms with Crippen molar-refractivity contribution in [2.45, 2.75) is 65.2 Å². The average molecular weight is 620 g/mol. The minimum atomic E-state index is -0.239. The summed E-state index contributed by atoms with van der Waals surface area (Å²) in [6.45, 7) is 10.8. The first-order chi connectivity index (χ1) is 21.1. The number of nitrogens with one attached hydrogen (secondary N) is 2. The Hall–Kier alpha value is -3.64. The third-order valence-electron chi connectivity index (χ3n) is 7.68. The lowest BCUT2D eigenvalue weighted by molar-refractivity contribution is -0.143. The molecule has 1 amide bonds. The first kappa shape index (κ1) is 31.8. The molecule has 2 aromatic heterocycles. The summed E-state index contributed by atoms with van der Waals surface area (Å²) < 4.78 is 17.5. The fraction of sp³-hybridized carbons (Fsp3) is 0.455. The van der Waals surface area contributed by atoms with Crippen molar-refractivity contribution in [2.75, 3.05) is 26.6 Å². The zero-order valence-corrected chi connectivity index (χ0v) is 26.6. The summed E-state index contributed by atoms with van der Waals surface area (Å²) in [5.74, 6) is 0.756. The summed E-state index contributed by atoms with van der Waals surface area (Å²) in [4.78, 5) is 31.8. The van der Waals surface area contributed by atoms with Crippen molar-refractivity contribution < 1.29 is 19.0 Å². The van der Waals surface area contributed by atoms with Gasteiger partial charge < -0.3 is 19.5 Å². The molecule has 234 valence electrons. The molecule has 0 bridgehead atoms. The van der Waals surface area contributed by atoms with Gasteiger partial charge in [-0.1, -0.05) is 29.5 Å². The van der Waals surface area contributed by atoms with Gasteiger partial charge >= 0.3 is 4.87 Å². The highest BCUT2D eigenvalue weighted by Gasteiger charge is 2.29. The van der Waals surface area contributed by atoms with E-state index in [0.717, 1.165) is 59.4 Å². The maximum absolute atomic E-state index is 13.4. The van der Waals surface area contributed by atoms with Crippen LogP contribution in [-0.2, 0) is 22.5 Å². The number of likely N-dealkylation sites (tertiary alicyclic amines) is 1. The Labute approximate surface area is 261 Å². The molecule has 0 aliphatic carbocycles. The molecule has 0 radical (unpaired) electrons. The standard InChI is InChI=1S/C33H41N5O5S/c1-22-17-25(27-7-5-6-8-28(27)34-22)19-42-26-11-9-24(10-12-26)31(39)35-29(18-30-36-37-32(40)44-30)23-13-15-38(16-14-23)20-41-21-43-33(2,3)4/h5-12,17,23,29H,13-16,18-21H2,1-4H3,(H,35,39)(H,37,40). The molecule has 1 unspecified atom stereocenters. The molecule has 1 saturated heterocycles. The van der Waals surface area contributed by atoms with E-state index in [0.29, 0.717) is 36.1 Å². The lowest BCUT2D eigenvalue weighted by Crippen LogP contribution is -2.47. The van der Waals surface area contributed by atoms with Gasteiger partial charge in [0.25, 0.3) is 5.91 Å². The van der Waals surface area contributed by atoms with Gasteiger partial charge in [0.15, 0.2) is 0 Å². The molecule has 2 N–H and O–H groups in total. The number of pyridine rings is 1. The van der Waals surface area contributed by atoms with E-state index < -0.39 is 0 Å². The van der Waals surface area contributed by atoms with Crippen molar-refractivity contribution in [1.82, 2.24) is 25.4 Å². The highest BCUT2D eigenvalue weighted by Crippen LogP contribution is 2.25. The van der Waals surface area contributed by atoms with E-state index in [1.54, 1.807) is 12.1 Å². The van der Waals surface area contributed by atoms with E-state index >= 15 is 0 Å². The third-order valence-corrected chi connectivity index (χ3v) is 8.45. The summed E-state index contributed by atoms with van der Waals surface area (Å²) in [6, 6.07) is 17.1. The van der Waals surface area contributed by atoms with Crippen LogP contribution in [0.1, 0.15) is 60.2 Å². The van der Waals surface area contributed by atoms with Crippen molar-refractivity contribution in [3.8, 4) is 5.75 Å². The summed E-state index contributed by atoms with van der Waals surface area (Å²) in [7, 11) is 0. The van der Waals surface area contributed by atoms with Gasteiger partial charge in [-0.15, -0.1) is 0 Å². The van der Waals surface area contributed by atoms with Crippen LogP contribution in [0.25, 0.3) is 10.9 Å². The minimum Gasteiger partial charge on any atom is -0.489 e. The van der Waals surface area contributed by atoms with Crippen molar-refractivity contribution in [3.63, 3.8) is 0 Å². The summed E-state index contributed by atoms with van der Waals surface area (Å²) in [5.41, 5.74) is 3.26. The van der Waals surface area contributed by atoms with Crippen LogP contribution in [0.4, 0.5) is 0 Å². The zero-order valence-electron chi connectivity index (χ0n) is 25.8. The first-order valence-corrected chi connectivity index (χ1v) is 15.8. The molecule has 4 aromatic rings. The Morgan fingerprint density at radius 1 is 1.14 bits per heavy atom. The Bertz CT molecular complexity index is 1590. The van der Waals surface area contributed by atoms with Gasteiger partial charge in [0.1, 0.15) is 30.9 Å². The number of aromatic amines is 1. The largest absolute Gasteiger partial charge is 0.489 e. The van der Waals surface area contributed by atoms with Crippen molar-refractivity contribution in [2.24, 2.45) is 5.92 Å². The second kappa shape index (κ2) is 14.4. The van der Waals surface area contributed by atoms with E-state index in [-0.39, 0.29) is 35.1 Å². The topological polar surface area (TPSA) is 119 Å². The van der Waals surface area contributed by atoms with Crippen LogP contribution in [0.5, 0.6) is 5.75 Å². The predicted octanol–water partition coefficient (Wildman–Crippen LogP) is 5.07. The summed E-state index contributed by atoms with van der Waals surface area (Å²) in [6.07, 6.45) is 2.28. The monoisotopic (exact) mass is 619 g/mol. The normalized spacial score (nSPS) is 15.4. The van der Waals surface area contributed by atoms with Gasteiger partial charge in [0, 0.05) is 47.8 Å². The van der Waals surface area contributed by atoms with Crippen LogP contribution in [-0.4, -0.2) is 64.2 Å². The molecular formula is C33H41N5O5S. The van der Waals surface area contributed by atoms with Gasteiger partial charge in [0.2, 0.25) is 0 Å². The van der Waals surface area contributed by atoms with Crippen LogP contribution in [0.2, 0.25) is 0 Å². The number of nitrogens with zero attached hydrogens (tertiary/aromatic N) is 3. The van der Waals surface area contributed by atoms with Crippen LogP contribution in [0.3, 0.4) is 0 Å². The fourth-order valence-electron chi connectivity index (χ4n) is 5.37. The number of benzene rings is 2. The number of hydrogen-bond donors (Lipinski definition) is 2. The second-order valence-electron chi connectivity index (χ2n) is 12.2. The van der Waals surface area contributed by atoms with Gasteiger partial charge in [-0.3, -0.25) is 19.5 Å². The molecule has 0 saturated carbocycles. The van der Waals surface area contributed by atoms with Crippen LogP contribution in [0, 0.1) is 12.8 Å². The number of hydrogen-bond acceptors (Lipinski definition) is 9. The van der Waals surface area contributed by atoms with Gasteiger partial charge in [-0.05, 0) is 82.9 Å². The Morgan fingerprint density at radius 2 is 1.89 bits per heavy atom. The van der Waals surface area contributed by atoms with E-state index in [1.807, 2.05) is 70.2 Å². The third kappa shape index (κ3) is 8.95. The molecule has 1 atom stereocenters. The zero-order chi connectivity index (χ0) is 31.1. The van der Waals surface area contributed by atoms with Crippen LogP contribution < -0.4 is 14.9 Å². The van der Waals surface area contributed by atoms with Crippen molar-refractivity contribution in [1.29, 1.82) is 0 Å². The number of piperidine rings is 1. The lowest BCUT2D eigenvalue weighted by Gasteiger charge is -2.36. The molecule has 5 rings (SSSR count). The predicted molar refractivity (Wildman–Crippen MR) is 171 cm³/mol. The number of carbonyl (C=O) groups excluding carboxylic acids is 1. The SMILES string of the molecule is Cc1cc(COc2ccc(C(=O)NC(Cc3n[nH]c(=O)s3)C3CCN(COCOC(C)(C)C)CC3)cc2)c2ccccc2n1. The number of amides is 1. The first-order valence-electron chi connectivity index (χ1n) is 15.0. The second-order valence-corrected chi connectivity index (χ2v) is 13.3. The molecule has 1 aliphatic rings. The fourth-order valence-corrected chi connectivity index (χ4v) is 6.03. The van der Waals surface area contributed by atoms with E-state index in [2.05, 4.69) is 25.4 Å². The van der Waals surface area contributed by atoms with Gasteiger partial charge in [0.05, 0.1) is 11.1 Å². The van der Waals surface area contributed by atoms with E-state index in [4.69, 9.17) is 14.2 Å². The molecule has 44 heavy (non-hydrogen) atoms. The highest BCUT2D eigenvalue weighted by atomic mass is 32.1. The number of ether oxygens (including phenoxy) is 3. The molecule has 2 aromatic carbocycles. The van der Waals surface area contributed by atoms with Crippen molar-refractivity contribution in [3.05, 3.63) is 86.1 Å². The average Bonchev–Trinajstić information content (AvgIpc) is 3.42. The Balaban J connectivity index is 1.18. The molecule has 10 nitrogen and oxygen atoms in total. The van der Waals surface area contributed by atoms with E-state index in [9.17, 15) is 9.59 Å². The number of aromatic nitrogens is 3. The maximum Gasteiger partial charge on any atom is 0.322 e. The lowest BCUT2D eigenvalue weighted by atomic mass is 9.87. The van der Waals surface area contributed by atoms with Crippen molar-refractivity contribution >= 4 is 28.1 Å². The summed E-state index contributed by atoms with van der Waals surface area (Å²) >= 11 is 1.09. The number of para-hydroxylation sites is 1. The van der Waals surface area contributed by atoms with Gasteiger partial charge in [-0.25, -0.2) is 5.10 Å². The number of rotatable bonds is 12. The molecule has 0 spiro atoms. The molecule has 1 fully saturated rings. The van der Waals surface area contributed by atoms with Crippen LogP contribution >= 0.6 is 11.3 Å². The number of fused-ring (bicyclic) bond motifs is 1. The van der Waals surface area contributed by atoms with Gasteiger partial charge in [-0.2, -0.15) is 5.10 Å².